The number of phenols is 1. The maximum atomic E-state index is 10.1. The number of benzene rings is 1. The van der Waals surface area contributed by atoms with E-state index in [0.29, 0.717) is 18.7 Å². The first-order valence-electron chi connectivity index (χ1n) is 5.90. The lowest BCUT2D eigenvalue weighted by molar-refractivity contribution is 0.291. The van der Waals surface area contributed by atoms with E-state index in [1.54, 1.807) is 6.21 Å². The van der Waals surface area contributed by atoms with Crippen molar-refractivity contribution in [1.29, 1.82) is 0 Å². The second-order valence-corrected chi connectivity index (χ2v) is 5.11. The molecule has 0 heterocycles. The van der Waals surface area contributed by atoms with Gasteiger partial charge in [-0.05, 0) is 23.5 Å². The molecule has 3 heteroatoms. The number of rotatable bonds is 4. The summed E-state index contributed by atoms with van der Waals surface area (Å²) < 4.78 is 0. The topological polar surface area (TPSA) is 52.8 Å². The minimum Gasteiger partial charge on any atom is -0.507 e. The molecular formula is C14H21NO2. The third-order valence-corrected chi connectivity index (χ3v) is 2.55. The van der Waals surface area contributed by atoms with Crippen LogP contribution in [0.2, 0.25) is 0 Å². The average molecular weight is 235 g/mol. The van der Waals surface area contributed by atoms with Crippen LogP contribution in [0.4, 0.5) is 0 Å². The minimum atomic E-state index is -0.0843. The third-order valence-electron chi connectivity index (χ3n) is 2.55. The highest BCUT2D eigenvalue weighted by molar-refractivity contribution is 5.84. The van der Waals surface area contributed by atoms with Crippen molar-refractivity contribution in [1.82, 2.24) is 0 Å². The van der Waals surface area contributed by atoms with Gasteiger partial charge in [0, 0.05) is 24.9 Å². The molecule has 1 aromatic rings. The van der Waals surface area contributed by atoms with Gasteiger partial charge in [0.05, 0.1) is 0 Å². The van der Waals surface area contributed by atoms with E-state index in [1.807, 2.05) is 18.2 Å². The number of aliphatic hydroxyl groups is 1. The molecule has 2 N–H and O–H groups in total. The van der Waals surface area contributed by atoms with Gasteiger partial charge in [0.2, 0.25) is 0 Å². The van der Waals surface area contributed by atoms with E-state index in [1.165, 1.54) is 0 Å². The lowest BCUT2D eigenvalue weighted by Gasteiger charge is -2.21. The van der Waals surface area contributed by atoms with Crippen LogP contribution in [0.1, 0.15) is 38.3 Å². The molecule has 0 bridgehead atoms. The Balaban J connectivity index is 2.91. The van der Waals surface area contributed by atoms with E-state index in [-0.39, 0.29) is 12.0 Å². The van der Waals surface area contributed by atoms with Crippen molar-refractivity contribution in [3.8, 4) is 5.75 Å². The van der Waals surface area contributed by atoms with Crippen molar-refractivity contribution >= 4 is 6.21 Å². The van der Waals surface area contributed by atoms with Gasteiger partial charge in [-0.25, -0.2) is 0 Å². The molecule has 94 valence electrons. The second-order valence-electron chi connectivity index (χ2n) is 5.11. The van der Waals surface area contributed by atoms with E-state index >= 15 is 0 Å². The Bertz CT molecular complexity index is 392. The summed E-state index contributed by atoms with van der Waals surface area (Å²) in [6, 6.07) is 5.70. The van der Waals surface area contributed by atoms with Crippen LogP contribution < -0.4 is 0 Å². The predicted molar refractivity (Wildman–Crippen MR) is 71.0 cm³/mol. The fourth-order valence-corrected chi connectivity index (χ4v) is 1.60. The zero-order valence-electron chi connectivity index (χ0n) is 10.8. The monoisotopic (exact) mass is 235 g/mol. The van der Waals surface area contributed by atoms with Crippen LogP contribution in [0.3, 0.4) is 0 Å². The Morgan fingerprint density at radius 2 is 2.00 bits per heavy atom. The summed E-state index contributed by atoms with van der Waals surface area (Å²) in [6.07, 6.45) is 2.32. The van der Waals surface area contributed by atoms with Crippen molar-refractivity contribution in [2.45, 2.75) is 32.6 Å². The van der Waals surface area contributed by atoms with Crippen molar-refractivity contribution in [2.75, 3.05) is 13.2 Å². The molecule has 3 nitrogen and oxygen atoms in total. The Hall–Kier alpha value is -1.35. The summed E-state index contributed by atoms with van der Waals surface area (Å²) in [6.45, 7) is 6.92. The minimum absolute atomic E-state index is 0.0843. The number of hydrogen-bond acceptors (Lipinski definition) is 3. The summed E-state index contributed by atoms with van der Waals surface area (Å²) in [5.74, 6) is 0.299. The molecule has 0 saturated carbocycles. The van der Waals surface area contributed by atoms with Gasteiger partial charge in [0.1, 0.15) is 5.75 Å². The maximum Gasteiger partial charge on any atom is 0.128 e. The Morgan fingerprint density at radius 3 is 2.59 bits per heavy atom. The summed E-state index contributed by atoms with van der Waals surface area (Å²) in [5.41, 5.74) is 1.57. The predicted octanol–water partition coefficient (Wildman–Crippen LogP) is 2.49. The zero-order valence-corrected chi connectivity index (χ0v) is 10.8. The van der Waals surface area contributed by atoms with Crippen molar-refractivity contribution in [3.05, 3.63) is 29.3 Å². The highest BCUT2D eigenvalue weighted by Crippen LogP contribution is 2.32. The second kappa shape index (κ2) is 5.82. The largest absolute Gasteiger partial charge is 0.507 e. The molecule has 0 radical (unpaired) electrons. The van der Waals surface area contributed by atoms with Gasteiger partial charge in [-0.3, -0.25) is 4.99 Å². The van der Waals surface area contributed by atoms with Crippen LogP contribution in [0.25, 0.3) is 0 Å². The SMILES string of the molecule is CC(C)(C)c1cccc(/C=N/CCCO)c1O. The van der Waals surface area contributed by atoms with Gasteiger partial charge in [-0.15, -0.1) is 0 Å². The van der Waals surface area contributed by atoms with Crippen LogP contribution in [0, 0.1) is 0 Å². The van der Waals surface area contributed by atoms with Crippen LogP contribution in [-0.4, -0.2) is 29.6 Å². The quantitative estimate of drug-likeness (QED) is 0.622. The standard InChI is InChI=1S/C14H21NO2/c1-14(2,3)12-7-4-6-11(13(12)17)10-15-8-5-9-16/h4,6-7,10,16-17H,5,8-9H2,1-3H3/b15-10+. The molecule has 0 fully saturated rings. The average Bonchev–Trinajstić information content (AvgIpc) is 2.25. The number of hydrogen-bond donors (Lipinski definition) is 2. The number of phenolic OH excluding ortho intramolecular Hbond substituents is 1. The summed E-state index contributed by atoms with van der Waals surface area (Å²) >= 11 is 0. The molecule has 1 rings (SSSR count). The van der Waals surface area contributed by atoms with E-state index in [0.717, 1.165) is 11.1 Å². The third kappa shape index (κ3) is 3.86. The van der Waals surface area contributed by atoms with Crippen LogP contribution in [0.5, 0.6) is 5.75 Å². The molecule has 1 aromatic carbocycles. The highest BCUT2D eigenvalue weighted by Gasteiger charge is 2.18. The summed E-state index contributed by atoms with van der Waals surface area (Å²) in [4.78, 5) is 4.17. The lowest BCUT2D eigenvalue weighted by Crippen LogP contribution is -2.11. The molecule has 0 aromatic heterocycles. The van der Waals surface area contributed by atoms with Gasteiger partial charge in [-0.1, -0.05) is 32.9 Å². The van der Waals surface area contributed by atoms with Gasteiger partial charge < -0.3 is 10.2 Å². The lowest BCUT2D eigenvalue weighted by atomic mass is 9.85. The van der Waals surface area contributed by atoms with Crippen molar-refractivity contribution < 1.29 is 10.2 Å². The molecular weight excluding hydrogens is 214 g/mol. The van der Waals surface area contributed by atoms with E-state index < -0.39 is 0 Å². The normalized spacial score (nSPS) is 12.2. The van der Waals surface area contributed by atoms with Crippen LogP contribution in [0.15, 0.2) is 23.2 Å². The first kappa shape index (κ1) is 13.7. The maximum absolute atomic E-state index is 10.1. The molecule has 0 aliphatic carbocycles. The molecule has 0 unspecified atom stereocenters. The molecule has 17 heavy (non-hydrogen) atoms. The summed E-state index contributed by atoms with van der Waals surface area (Å²) in [7, 11) is 0. The zero-order chi connectivity index (χ0) is 12.9. The molecule has 0 saturated heterocycles. The van der Waals surface area contributed by atoms with Crippen molar-refractivity contribution in [3.63, 3.8) is 0 Å². The Kier molecular flexibility index (Phi) is 4.70. The molecule has 0 aliphatic heterocycles. The molecule has 0 aliphatic rings. The summed E-state index contributed by atoms with van der Waals surface area (Å²) in [5, 5.41) is 18.8. The first-order valence-corrected chi connectivity index (χ1v) is 5.90. The van der Waals surface area contributed by atoms with Gasteiger partial charge in [0.25, 0.3) is 0 Å². The number of nitrogens with zero attached hydrogens (tertiary/aromatic N) is 1. The fraction of sp³-hybridized carbons (Fsp3) is 0.500. The van der Waals surface area contributed by atoms with Gasteiger partial charge in [0.15, 0.2) is 0 Å². The fourth-order valence-electron chi connectivity index (χ4n) is 1.60. The Morgan fingerprint density at radius 1 is 1.29 bits per heavy atom. The Labute approximate surface area is 103 Å². The first-order chi connectivity index (χ1) is 7.96. The van der Waals surface area contributed by atoms with Crippen LogP contribution >= 0.6 is 0 Å². The number of aliphatic hydroxyl groups excluding tert-OH is 1. The highest BCUT2D eigenvalue weighted by atomic mass is 16.3. The molecule has 0 spiro atoms. The number of para-hydroxylation sites is 1. The number of aromatic hydroxyl groups is 1. The van der Waals surface area contributed by atoms with Gasteiger partial charge in [-0.2, -0.15) is 0 Å². The molecule has 0 atom stereocenters. The molecule has 0 amide bonds. The van der Waals surface area contributed by atoms with Crippen molar-refractivity contribution in [2.24, 2.45) is 4.99 Å². The van der Waals surface area contributed by atoms with Crippen LogP contribution in [-0.2, 0) is 5.41 Å². The number of aliphatic imine (C=N–C) groups is 1. The van der Waals surface area contributed by atoms with E-state index in [2.05, 4.69) is 25.8 Å². The smallest absolute Gasteiger partial charge is 0.128 e. The van der Waals surface area contributed by atoms with E-state index in [9.17, 15) is 5.11 Å². The van der Waals surface area contributed by atoms with Gasteiger partial charge >= 0.3 is 0 Å². The van der Waals surface area contributed by atoms with E-state index in [4.69, 9.17) is 5.11 Å².